The molecule has 1 unspecified atom stereocenters. The average Bonchev–Trinajstić information content (AvgIpc) is 3.26. The first-order valence-electron chi connectivity index (χ1n) is 26.1. The Hall–Kier alpha value is -2.63. The highest BCUT2D eigenvalue weighted by molar-refractivity contribution is 5.71. The van der Waals surface area contributed by atoms with Crippen LogP contribution in [0.2, 0.25) is 0 Å². The van der Waals surface area contributed by atoms with Gasteiger partial charge in [-0.1, -0.05) is 198 Å². The Bertz CT molecular complexity index is 1070. The molecule has 0 aliphatic rings. The third-order valence-electron chi connectivity index (χ3n) is 11.3. The topological polar surface area (TPSA) is 78.9 Å². The van der Waals surface area contributed by atoms with E-state index in [0.29, 0.717) is 19.3 Å². The molecule has 0 saturated heterocycles. The Morgan fingerprint density at radius 3 is 1.02 bits per heavy atom. The highest BCUT2D eigenvalue weighted by atomic mass is 16.6. The monoisotopic (exact) mass is 855 g/mol. The number of unbranched alkanes of at least 4 members (excludes halogenated alkanes) is 28. The highest BCUT2D eigenvalue weighted by Crippen LogP contribution is 2.14. The van der Waals surface area contributed by atoms with E-state index in [0.717, 1.165) is 96.3 Å². The molecular weight excluding hydrogens is 757 g/mol. The van der Waals surface area contributed by atoms with Crippen LogP contribution in [0, 0.1) is 0 Å². The molecule has 0 rings (SSSR count). The van der Waals surface area contributed by atoms with E-state index in [1.165, 1.54) is 128 Å². The van der Waals surface area contributed by atoms with Gasteiger partial charge in [0.1, 0.15) is 13.2 Å². The second-order valence-corrected chi connectivity index (χ2v) is 17.4. The number of carbonyl (C=O) groups excluding carboxylic acids is 3. The quantitative estimate of drug-likeness (QED) is 0.0263. The normalized spacial score (nSPS) is 12.4. The van der Waals surface area contributed by atoms with Gasteiger partial charge in [0.15, 0.2) is 6.10 Å². The van der Waals surface area contributed by atoms with Gasteiger partial charge in [-0.25, -0.2) is 0 Å². The zero-order valence-electron chi connectivity index (χ0n) is 40.4. The Morgan fingerprint density at radius 1 is 0.344 bits per heavy atom. The van der Waals surface area contributed by atoms with Crippen LogP contribution in [0.1, 0.15) is 265 Å². The summed E-state index contributed by atoms with van der Waals surface area (Å²) in [4.78, 5) is 38.0. The Kier molecular flexibility index (Phi) is 47.9. The average molecular weight is 855 g/mol. The van der Waals surface area contributed by atoms with Gasteiger partial charge < -0.3 is 14.2 Å². The third-order valence-corrected chi connectivity index (χ3v) is 11.3. The number of hydrogen-bond donors (Lipinski definition) is 0. The van der Waals surface area contributed by atoms with Crippen molar-refractivity contribution >= 4 is 17.9 Å². The first-order chi connectivity index (χ1) is 30.0. The van der Waals surface area contributed by atoms with E-state index in [-0.39, 0.29) is 31.1 Å². The van der Waals surface area contributed by atoms with E-state index >= 15 is 0 Å². The van der Waals surface area contributed by atoms with Crippen molar-refractivity contribution in [1.29, 1.82) is 0 Å². The molecule has 0 aromatic carbocycles. The maximum absolute atomic E-state index is 12.8. The van der Waals surface area contributed by atoms with Gasteiger partial charge in [0, 0.05) is 19.3 Å². The third kappa shape index (κ3) is 48.3. The van der Waals surface area contributed by atoms with E-state index < -0.39 is 6.10 Å². The van der Waals surface area contributed by atoms with Crippen molar-refractivity contribution in [1.82, 2.24) is 0 Å². The largest absolute Gasteiger partial charge is 0.462 e. The predicted octanol–water partition coefficient (Wildman–Crippen LogP) is 17.1. The van der Waals surface area contributed by atoms with Gasteiger partial charge in [0.25, 0.3) is 0 Å². The number of ether oxygens (including phenoxy) is 3. The van der Waals surface area contributed by atoms with E-state index in [1.807, 2.05) is 0 Å². The summed E-state index contributed by atoms with van der Waals surface area (Å²) in [6.45, 7) is 6.51. The highest BCUT2D eigenvalue weighted by Gasteiger charge is 2.19. The van der Waals surface area contributed by atoms with Crippen LogP contribution in [0.15, 0.2) is 48.6 Å². The Balaban J connectivity index is 4.40. The molecule has 1 atom stereocenters. The van der Waals surface area contributed by atoms with Gasteiger partial charge in [0.2, 0.25) is 0 Å². The summed E-state index contributed by atoms with van der Waals surface area (Å²) in [5.41, 5.74) is 0. The minimum absolute atomic E-state index is 0.0846. The van der Waals surface area contributed by atoms with Crippen LogP contribution in [0.5, 0.6) is 0 Å². The van der Waals surface area contributed by atoms with Gasteiger partial charge in [-0.2, -0.15) is 0 Å². The van der Waals surface area contributed by atoms with Gasteiger partial charge in [-0.05, 0) is 96.3 Å². The van der Waals surface area contributed by atoms with Crippen molar-refractivity contribution in [3.8, 4) is 0 Å². The SMILES string of the molecule is CC/C=C\C/C=C\CCCCCCCCCC(=O)OC(COC(=O)CCCCC/C=C\CCCCCCCC)COC(=O)CCCCCCC/C=C\CCCCCCCCC. The van der Waals surface area contributed by atoms with Crippen molar-refractivity contribution in [3.63, 3.8) is 0 Å². The summed E-state index contributed by atoms with van der Waals surface area (Å²) in [5.74, 6) is -0.911. The lowest BCUT2D eigenvalue weighted by Crippen LogP contribution is -2.30. The maximum atomic E-state index is 12.8. The fraction of sp³-hybridized carbons (Fsp3) is 0.800. The number of hydrogen-bond acceptors (Lipinski definition) is 6. The van der Waals surface area contributed by atoms with Crippen LogP contribution in [0.3, 0.4) is 0 Å². The molecule has 0 amide bonds. The molecule has 0 saturated carbocycles. The molecule has 0 radical (unpaired) electrons. The second-order valence-electron chi connectivity index (χ2n) is 17.4. The Labute approximate surface area is 378 Å². The molecule has 0 N–H and O–H groups in total. The molecule has 61 heavy (non-hydrogen) atoms. The summed E-state index contributed by atoms with van der Waals surface area (Å²) in [5, 5.41) is 0. The number of allylic oxidation sites excluding steroid dienone is 8. The maximum Gasteiger partial charge on any atom is 0.306 e. The lowest BCUT2D eigenvalue weighted by Gasteiger charge is -2.18. The van der Waals surface area contributed by atoms with E-state index in [4.69, 9.17) is 14.2 Å². The minimum atomic E-state index is -0.784. The smallest absolute Gasteiger partial charge is 0.306 e. The van der Waals surface area contributed by atoms with Crippen molar-refractivity contribution in [2.24, 2.45) is 0 Å². The van der Waals surface area contributed by atoms with E-state index in [9.17, 15) is 14.4 Å². The van der Waals surface area contributed by atoms with Crippen LogP contribution in [0.4, 0.5) is 0 Å². The molecule has 0 aliphatic heterocycles. The second kappa shape index (κ2) is 50.0. The fourth-order valence-electron chi connectivity index (χ4n) is 7.35. The van der Waals surface area contributed by atoms with Crippen molar-refractivity contribution in [2.45, 2.75) is 271 Å². The summed E-state index contributed by atoms with van der Waals surface area (Å²) >= 11 is 0. The zero-order chi connectivity index (χ0) is 44.4. The standard InChI is InChI=1S/C55H98O6/c1-4-7-10-13-16-19-22-25-27-28-31-33-36-39-42-45-48-54(57)60-51-52(50-59-53(56)47-44-41-38-35-32-29-24-21-18-15-12-9-6-3)61-55(58)49-46-43-40-37-34-30-26-23-20-17-14-11-8-5-2/h8,11,17,20,27-29,32,52H,4-7,9-10,12-16,18-19,21-26,30-31,33-51H2,1-3H3/b11-8-,20-17-,28-27-,32-29-. The lowest BCUT2D eigenvalue weighted by molar-refractivity contribution is -0.167. The van der Waals surface area contributed by atoms with Gasteiger partial charge in [0.05, 0.1) is 0 Å². The number of rotatable bonds is 47. The number of carbonyl (C=O) groups is 3. The van der Waals surface area contributed by atoms with Crippen molar-refractivity contribution in [3.05, 3.63) is 48.6 Å². The minimum Gasteiger partial charge on any atom is -0.462 e. The molecule has 0 bridgehead atoms. The summed E-state index contributed by atoms with van der Waals surface area (Å²) in [6, 6.07) is 0. The molecule has 0 aromatic rings. The summed E-state index contributed by atoms with van der Waals surface area (Å²) in [7, 11) is 0. The van der Waals surface area contributed by atoms with Crippen LogP contribution in [-0.4, -0.2) is 37.2 Å². The zero-order valence-corrected chi connectivity index (χ0v) is 40.4. The fourth-order valence-corrected chi connectivity index (χ4v) is 7.35. The first-order valence-corrected chi connectivity index (χ1v) is 26.1. The van der Waals surface area contributed by atoms with Crippen LogP contribution < -0.4 is 0 Å². The number of esters is 3. The molecule has 0 spiro atoms. The van der Waals surface area contributed by atoms with Gasteiger partial charge in [-0.3, -0.25) is 14.4 Å². The first kappa shape index (κ1) is 58.4. The van der Waals surface area contributed by atoms with Crippen LogP contribution in [0.25, 0.3) is 0 Å². The Morgan fingerprint density at radius 2 is 0.639 bits per heavy atom. The molecule has 354 valence electrons. The molecule has 6 heteroatoms. The predicted molar refractivity (Wildman–Crippen MR) is 261 cm³/mol. The van der Waals surface area contributed by atoms with Gasteiger partial charge in [-0.15, -0.1) is 0 Å². The molecular formula is C55H98O6. The van der Waals surface area contributed by atoms with Crippen LogP contribution in [-0.2, 0) is 28.6 Å². The van der Waals surface area contributed by atoms with Crippen molar-refractivity contribution < 1.29 is 28.6 Å². The van der Waals surface area contributed by atoms with E-state index in [1.54, 1.807) is 0 Å². The molecule has 0 aliphatic carbocycles. The van der Waals surface area contributed by atoms with Crippen LogP contribution >= 0.6 is 0 Å². The molecule has 6 nitrogen and oxygen atoms in total. The lowest BCUT2D eigenvalue weighted by atomic mass is 10.1. The summed E-state index contributed by atoms with van der Waals surface area (Å²) < 4.78 is 16.8. The van der Waals surface area contributed by atoms with Gasteiger partial charge >= 0.3 is 17.9 Å². The van der Waals surface area contributed by atoms with Crippen molar-refractivity contribution in [2.75, 3.05) is 13.2 Å². The molecule has 0 aromatic heterocycles. The molecule has 0 fully saturated rings. The van der Waals surface area contributed by atoms with E-state index in [2.05, 4.69) is 69.4 Å². The summed E-state index contributed by atoms with van der Waals surface area (Å²) in [6.07, 6.45) is 59.5. The molecule has 0 heterocycles.